The molecule has 0 fully saturated rings. The zero-order chi connectivity index (χ0) is 23.9. The lowest BCUT2D eigenvalue weighted by molar-refractivity contribution is -0.122. The Morgan fingerprint density at radius 2 is 1.10 bits per heavy atom. The fraction of sp³-hybridized carbons (Fsp3) is 0.684. The van der Waals surface area contributed by atoms with E-state index in [1.807, 2.05) is 27.7 Å². The lowest BCUT2D eigenvalue weighted by atomic mass is 9.85. The van der Waals surface area contributed by atoms with E-state index in [1.165, 1.54) is 0 Å². The van der Waals surface area contributed by atoms with Crippen LogP contribution < -0.4 is 31.9 Å². The maximum absolute atomic E-state index is 11.5. The van der Waals surface area contributed by atoms with Crippen molar-refractivity contribution in [3.8, 4) is 12.4 Å². The van der Waals surface area contributed by atoms with Gasteiger partial charge in [-0.15, -0.1) is 0 Å². The minimum absolute atomic E-state index is 0.254. The molecule has 0 saturated heterocycles. The molecule has 2 amide bonds. The molecular formula is C19H32N8O2S2. The number of nitrogens with one attached hydrogen (secondary N) is 6. The number of nitriles is 2. The summed E-state index contributed by atoms with van der Waals surface area (Å²) in [7, 11) is 0. The number of carbonyl (C=O) groups excluding carboxylic acids is 2. The van der Waals surface area contributed by atoms with Gasteiger partial charge in [0.1, 0.15) is 0 Å². The lowest BCUT2D eigenvalue weighted by Gasteiger charge is -2.24. The first-order valence-electron chi connectivity index (χ1n) is 9.80. The van der Waals surface area contributed by atoms with Crippen molar-refractivity contribution in [3.05, 3.63) is 0 Å². The van der Waals surface area contributed by atoms with Gasteiger partial charge >= 0.3 is 0 Å². The Labute approximate surface area is 194 Å². The largest absolute Gasteiger partial charge is 0.363 e. The highest BCUT2D eigenvalue weighted by molar-refractivity contribution is 7.80. The summed E-state index contributed by atoms with van der Waals surface area (Å²) in [6, 6.07) is 0. The van der Waals surface area contributed by atoms with Crippen LogP contribution in [0.2, 0.25) is 0 Å². The Kier molecular flexibility index (Phi) is 13.1. The number of carbonyl (C=O) groups is 2. The summed E-state index contributed by atoms with van der Waals surface area (Å²) in [5, 5.41) is 34.2. The van der Waals surface area contributed by atoms with Crippen molar-refractivity contribution >= 4 is 46.5 Å². The van der Waals surface area contributed by atoms with Gasteiger partial charge in [-0.2, -0.15) is 10.5 Å². The average Bonchev–Trinajstić information content (AvgIpc) is 2.60. The van der Waals surface area contributed by atoms with Gasteiger partial charge < -0.3 is 21.3 Å². The molecule has 0 aromatic carbocycles. The van der Waals surface area contributed by atoms with Crippen LogP contribution >= 0.6 is 24.4 Å². The van der Waals surface area contributed by atoms with Crippen molar-refractivity contribution in [1.29, 1.82) is 10.5 Å². The van der Waals surface area contributed by atoms with Crippen LogP contribution in [0, 0.1) is 33.7 Å². The first-order chi connectivity index (χ1) is 14.4. The highest BCUT2D eigenvalue weighted by Gasteiger charge is 2.22. The van der Waals surface area contributed by atoms with E-state index in [9.17, 15) is 9.59 Å². The third-order valence-electron chi connectivity index (χ3n) is 4.34. The van der Waals surface area contributed by atoms with Gasteiger partial charge in [-0.3, -0.25) is 20.2 Å². The molecule has 0 radical (unpaired) electrons. The minimum Gasteiger partial charge on any atom is -0.363 e. The Morgan fingerprint density at radius 3 is 1.42 bits per heavy atom. The smallest absolute Gasteiger partial charge is 0.233 e. The zero-order valence-electron chi connectivity index (χ0n) is 18.5. The average molecular weight is 469 g/mol. The Balaban J connectivity index is 3.98. The van der Waals surface area contributed by atoms with Gasteiger partial charge in [-0.25, -0.2) is 0 Å². The van der Waals surface area contributed by atoms with Crippen LogP contribution in [0.3, 0.4) is 0 Å². The van der Waals surface area contributed by atoms with Gasteiger partial charge in [0.15, 0.2) is 22.6 Å². The number of rotatable bonds is 12. The zero-order valence-corrected chi connectivity index (χ0v) is 20.1. The topological polar surface area (TPSA) is 154 Å². The van der Waals surface area contributed by atoms with E-state index < -0.39 is 0 Å². The fourth-order valence-electron chi connectivity index (χ4n) is 2.62. The second-order valence-electron chi connectivity index (χ2n) is 8.54. The van der Waals surface area contributed by atoms with Crippen LogP contribution in [-0.4, -0.2) is 41.8 Å². The molecular weight excluding hydrogens is 436 g/mol. The van der Waals surface area contributed by atoms with Gasteiger partial charge in [0.05, 0.1) is 6.67 Å². The molecule has 0 aliphatic rings. The summed E-state index contributed by atoms with van der Waals surface area (Å²) in [6.07, 6.45) is 5.17. The van der Waals surface area contributed by atoms with Gasteiger partial charge in [0.25, 0.3) is 0 Å². The first-order valence-corrected chi connectivity index (χ1v) is 10.6. The number of amides is 2. The van der Waals surface area contributed by atoms with Gasteiger partial charge in [0.2, 0.25) is 11.8 Å². The van der Waals surface area contributed by atoms with Gasteiger partial charge in [-0.05, 0) is 48.1 Å². The minimum atomic E-state index is -0.299. The normalized spacial score (nSPS) is 10.6. The Bertz CT molecular complexity index is 665. The van der Waals surface area contributed by atoms with Crippen LogP contribution in [0.5, 0.6) is 0 Å². The molecule has 0 aliphatic carbocycles. The fourth-order valence-corrected chi connectivity index (χ4v) is 2.97. The summed E-state index contributed by atoms with van der Waals surface area (Å²) in [5.74, 6) is -0.598. The third-order valence-corrected chi connectivity index (χ3v) is 4.92. The van der Waals surface area contributed by atoms with Crippen molar-refractivity contribution in [3.63, 3.8) is 0 Å². The SMILES string of the molecule is CC(C)(CCNC(=S)NCNC(=S)NCCC(C)(C)CC(=O)NC#N)CC(=O)NC#N. The maximum Gasteiger partial charge on any atom is 0.233 e. The Morgan fingerprint density at radius 1 is 0.742 bits per heavy atom. The molecule has 6 N–H and O–H groups in total. The molecule has 0 aromatic rings. The van der Waals surface area contributed by atoms with Crippen molar-refractivity contribution in [2.75, 3.05) is 19.8 Å². The molecule has 0 saturated carbocycles. The van der Waals surface area contributed by atoms with Crippen molar-refractivity contribution < 1.29 is 9.59 Å². The first kappa shape index (κ1) is 28.3. The molecule has 0 atom stereocenters. The summed E-state index contributed by atoms with van der Waals surface area (Å²) in [4.78, 5) is 23.0. The number of nitrogens with zero attached hydrogens (tertiary/aromatic N) is 2. The summed E-state index contributed by atoms with van der Waals surface area (Å²) >= 11 is 10.4. The van der Waals surface area contributed by atoms with Gasteiger partial charge in [0, 0.05) is 25.9 Å². The molecule has 0 aliphatic heterocycles. The van der Waals surface area contributed by atoms with E-state index in [4.69, 9.17) is 35.0 Å². The van der Waals surface area contributed by atoms with E-state index in [2.05, 4.69) is 31.9 Å². The van der Waals surface area contributed by atoms with E-state index in [0.717, 1.165) is 0 Å². The van der Waals surface area contributed by atoms with Crippen LogP contribution in [0.25, 0.3) is 0 Å². The van der Waals surface area contributed by atoms with Crippen LogP contribution in [0.1, 0.15) is 53.4 Å². The molecule has 0 unspecified atom stereocenters. The lowest BCUT2D eigenvalue weighted by Crippen LogP contribution is -2.46. The molecule has 31 heavy (non-hydrogen) atoms. The molecule has 0 rings (SSSR count). The van der Waals surface area contributed by atoms with Crippen LogP contribution in [0.15, 0.2) is 0 Å². The third kappa shape index (κ3) is 15.8. The molecule has 10 nitrogen and oxygen atoms in total. The number of thiocarbonyl (C=S) groups is 2. The van der Waals surface area contributed by atoms with E-state index >= 15 is 0 Å². The van der Waals surface area contributed by atoms with E-state index in [1.54, 1.807) is 12.4 Å². The maximum atomic E-state index is 11.5. The summed E-state index contributed by atoms with van der Waals surface area (Å²) in [5.41, 5.74) is -0.535. The monoisotopic (exact) mass is 468 g/mol. The second-order valence-corrected chi connectivity index (χ2v) is 9.36. The molecule has 0 bridgehead atoms. The standard InChI is InChI=1S/C19H32N8O2S2/c1-18(2,9-14(28)24-11-20)5-7-22-16(30)26-13-27-17(31)23-8-6-19(3,4)10-15(29)25-12-21/h5-10,13H2,1-4H3,(H,24,28)(H,25,29)(H2,22,26,30)(H2,23,27,31). The molecule has 12 heteroatoms. The summed E-state index contributed by atoms with van der Waals surface area (Å²) < 4.78 is 0. The van der Waals surface area contributed by atoms with Crippen LogP contribution in [0.4, 0.5) is 0 Å². The van der Waals surface area contributed by atoms with Crippen molar-refractivity contribution in [2.24, 2.45) is 10.8 Å². The Hall–Kier alpha value is -2.70. The molecule has 172 valence electrons. The molecule has 0 aromatic heterocycles. The van der Waals surface area contributed by atoms with E-state index in [-0.39, 0.29) is 35.5 Å². The van der Waals surface area contributed by atoms with Crippen LogP contribution in [-0.2, 0) is 9.59 Å². The second kappa shape index (κ2) is 14.3. The quantitative estimate of drug-likeness (QED) is 0.104. The predicted molar refractivity (Wildman–Crippen MR) is 126 cm³/mol. The van der Waals surface area contributed by atoms with E-state index in [0.29, 0.717) is 42.8 Å². The number of hydrogen-bond donors (Lipinski definition) is 6. The highest BCUT2D eigenvalue weighted by Crippen LogP contribution is 2.24. The van der Waals surface area contributed by atoms with Crippen molar-refractivity contribution in [1.82, 2.24) is 31.9 Å². The summed E-state index contributed by atoms with van der Waals surface area (Å²) in [6.45, 7) is 9.29. The molecule has 0 spiro atoms. The van der Waals surface area contributed by atoms with Crippen molar-refractivity contribution in [2.45, 2.75) is 53.4 Å². The number of hydrogen-bond acceptors (Lipinski definition) is 6. The van der Waals surface area contributed by atoms with Gasteiger partial charge in [-0.1, -0.05) is 27.7 Å². The highest BCUT2D eigenvalue weighted by atomic mass is 32.1. The molecule has 0 heterocycles. The predicted octanol–water partition coefficient (Wildman–Crippen LogP) is 0.679.